The van der Waals surface area contributed by atoms with Crippen molar-refractivity contribution in [3.63, 3.8) is 0 Å². The van der Waals surface area contributed by atoms with E-state index in [1.807, 2.05) is 12.3 Å². The molecule has 2 heterocycles. The Balaban J connectivity index is 2.80. The highest BCUT2D eigenvalue weighted by Crippen LogP contribution is 2.22. The molecule has 68 valence electrons. The maximum atomic E-state index is 5.82. The van der Waals surface area contributed by atoms with Crippen molar-refractivity contribution in [2.45, 2.75) is 20.4 Å². The number of aryl methyl sites for hydroxylation is 2. The molecular formula is C10H11ClN2. The third kappa shape index (κ3) is 1.31. The van der Waals surface area contributed by atoms with Gasteiger partial charge >= 0.3 is 0 Å². The Morgan fingerprint density at radius 3 is 3.00 bits per heavy atom. The van der Waals surface area contributed by atoms with Crippen LogP contribution in [0.25, 0.3) is 10.9 Å². The maximum absolute atomic E-state index is 5.82. The Labute approximate surface area is 82.1 Å². The average Bonchev–Trinajstić information content (AvgIpc) is 2.43. The van der Waals surface area contributed by atoms with E-state index in [0.29, 0.717) is 5.15 Å². The van der Waals surface area contributed by atoms with E-state index in [1.54, 1.807) is 0 Å². The SMILES string of the molecule is CCn1cc(C)c2cc(Cl)ncc21. The van der Waals surface area contributed by atoms with E-state index in [0.717, 1.165) is 12.1 Å². The first-order chi connectivity index (χ1) is 6.22. The molecule has 0 aliphatic heterocycles. The standard InChI is InChI=1S/C10H11ClN2/c1-3-13-6-7(2)8-4-10(11)12-5-9(8)13/h4-6H,3H2,1-2H3. The smallest absolute Gasteiger partial charge is 0.129 e. The van der Waals surface area contributed by atoms with Crippen LogP contribution in [0.15, 0.2) is 18.5 Å². The Morgan fingerprint density at radius 2 is 2.31 bits per heavy atom. The summed E-state index contributed by atoms with van der Waals surface area (Å²) in [6.07, 6.45) is 3.96. The van der Waals surface area contributed by atoms with Crippen LogP contribution in [0, 0.1) is 6.92 Å². The molecule has 2 nitrogen and oxygen atoms in total. The van der Waals surface area contributed by atoms with Gasteiger partial charge in [0.2, 0.25) is 0 Å². The van der Waals surface area contributed by atoms with Gasteiger partial charge in [0.15, 0.2) is 0 Å². The van der Waals surface area contributed by atoms with Crippen LogP contribution in [0.3, 0.4) is 0 Å². The highest BCUT2D eigenvalue weighted by Gasteiger charge is 2.04. The van der Waals surface area contributed by atoms with Gasteiger partial charge in [-0.05, 0) is 25.5 Å². The second-order valence-electron chi connectivity index (χ2n) is 3.12. The van der Waals surface area contributed by atoms with Crippen LogP contribution in [0.1, 0.15) is 12.5 Å². The third-order valence-corrected chi connectivity index (χ3v) is 2.48. The number of hydrogen-bond donors (Lipinski definition) is 0. The number of pyridine rings is 1. The highest BCUT2D eigenvalue weighted by atomic mass is 35.5. The Bertz CT molecular complexity index is 445. The van der Waals surface area contributed by atoms with Gasteiger partial charge in [0.1, 0.15) is 5.15 Å². The van der Waals surface area contributed by atoms with E-state index >= 15 is 0 Å². The van der Waals surface area contributed by atoms with Gasteiger partial charge in [-0.1, -0.05) is 11.6 Å². The van der Waals surface area contributed by atoms with Gasteiger partial charge in [-0.2, -0.15) is 0 Å². The molecule has 2 aromatic heterocycles. The molecule has 0 N–H and O–H groups in total. The summed E-state index contributed by atoms with van der Waals surface area (Å²) in [6, 6.07) is 1.92. The zero-order valence-corrected chi connectivity index (χ0v) is 8.47. The van der Waals surface area contributed by atoms with Gasteiger partial charge in [-0.15, -0.1) is 0 Å². The second kappa shape index (κ2) is 3.04. The van der Waals surface area contributed by atoms with Crippen molar-refractivity contribution in [1.29, 1.82) is 0 Å². The van der Waals surface area contributed by atoms with E-state index in [9.17, 15) is 0 Å². The Morgan fingerprint density at radius 1 is 1.54 bits per heavy atom. The Kier molecular flexibility index (Phi) is 2.00. The fourth-order valence-corrected chi connectivity index (χ4v) is 1.76. The molecule has 0 amide bonds. The molecule has 13 heavy (non-hydrogen) atoms. The molecule has 0 fully saturated rings. The summed E-state index contributed by atoms with van der Waals surface area (Å²) in [4.78, 5) is 4.07. The molecular weight excluding hydrogens is 184 g/mol. The number of nitrogens with zero attached hydrogens (tertiary/aromatic N) is 2. The van der Waals surface area contributed by atoms with E-state index in [4.69, 9.17) is 11.6 Å². The molecule has 2 aromatic rings. The Hall–Kier alpha value is -1.02. The molecule has 2 rings (SSSR count). The minimum Gasteiger partial charge on any atom is -0.346 e. The quantitative estimate of drug-likeness (QED) is 0.639. The molecule has 0 aromatic carbocycles. The van der Waals surface area contributed by atoms with Crippen LogP contribution in [-0.4, -0.2) is 9.55 Å². The average molecular weight is 195 g/mol. The second-order valence-corrected chi connectivity index (χ2v) is 3.51. The van der Waals surface area contributed by atoms with Crippen molar-refractivity contribution in [1.82, 2.24) is 9.55 Å². The summed E-state index contributed by atoms with van der Waals surface area (Å²) >= 11 is 5.82. The lowest BCUT2D eigenvalue weighted by Crippen LogP contribution is -1.90. The molecule has 0 saturated heterocycles. The molecule has 0 spiro atoms. The van der Waals surface area contributed by atoms with Crippen LogP contribution < -0.4 is 0 Å². The summed E-state index contributed by atoms with van der Waals surface area (Å²) in [6.45, 7) is 5.17. The summed E-state index contributed by atoms with van der Waals surface area (Å²) in [5, 5.41) is 1.76. The van der Waals surface area contributed by atoms with Gasteiger partial charge in [0, 0.05) is 18.1 Å². The predicted molar refractivity (Wildman–Crippen MR) is 55.2 cm³/mol. The number of aromatic nitrogens is 2. The molecule has 0 atom stereocenters. The molecule has 0 saturated carbocycles. The van der Waals surface area contributed by atoms with Gasteiger partial charge in [0.25, 0.3) is 0 Å². The molecule has 0 unspecified atom stereocenters. The molecule has 0 aliphatic carbocycles. The van der Waals surface area contributed by atoms with Gasteiger partial charge < -0.3 is 4.57 Å². The molecule has 0 radical (unpaired) electrons. The van der Waals surface area contributed by atoms with Crippen molar-refractivity contribution in [3.05, 3.63) is 29.2 Å². The first-order valence-corrected chi connectivity index (χ1v) is 4.71. The number of fused-ring (bicyclic) bond motifs is 1. The van der Waals surface area contributed by atoms with Crippen molar-refractivity contribution < 1.29 is 0 Å². The van der Waals surface area contributed by atoms with Crippen molar-refractivity contribution in [2.24, 2.45) is 0 Å². The molecule has 0 bridgehead atoms. The van der Waals surface area contributed by atoms with Crippen LogP contribution in [0.2, 0.25) is 5.15 Å². The monoisotopic (exact) mass is 194 g/mol. The highest BCUT2D eigenvalue weighted by molar-refractivity contribution is 6.30. The van der Waals surface area contributed by atoms with Crippen LogP contribution >= 0.6 is 11.6 Å². The molecule has 0 aliphatic rings. The zero-order chi connectivity index (χ0) is 9.42. The van der Waals surface area contributed by atoms with Crippen LogP contribution in [0.5, 0.6) is 0 Å². The fraction of sp³-hybridized carbons (Fsp3) is 0.300. The largest absolute Gasteiger partial charge is 0.346 e. The van der Waals surface area contributed by atoms with Gasteiger partial charge in [-0.25, -0.2) is 4.98 Å². The summed E-state index contributed by atoms with van der Waals surface area (Å²) in [5.74, 6) is 0. The summed E-state index contributed by atoms with van der Waals surface area (Å²) < 4.78 is 2.17. The van der Waals surface area contributed by atoms with E-state index in [-0.39, 0.29) is 0 Å². The normalized spacial score (nSPS) is 11.0. The maximum Gasteiger partial charge on any atom is 0.129 e. The van der Waals surface area contributed by atoms with E-state index < -0.39 is 0 Å². The first-order valence-electron chi connectivity index (χ1n) is 4.33. The van der Waals surface area contributed by atoms with Crippen molar-refractivity contribution in [3.8, 4) is 0 Å². The van der Waals surface area contributed by atoms with Crippen LogP contribution in [-0.2, 0) is 6.54 Å². The van der Waals surface area contributed by atoms with E-state index in [2.05, 4.69) is 29.6 Å². The summed E-state index contributed by atoms with van der Waals surface area (Å²) in [7, 11) is 0. The fourth-order valence-electron chi connectivity index (χ4n) is 1.60. The van der Waals surface area contributed by atoms with Gasteiger partial charge in [0.05, 0.1) is 11.7 Å². The minimum absolute atomic E-state index is 0.560. The number of rotatable bonds is 1. The van der Waals surface area contributed by atoms with E-state index in [1.165, 1.54) is 10.9 Å². The van der Waals surface area contributed by atoms with Crippen molar-refractivity contribution >= 4 is 22.5 Å². The number of halogens is 1. The van der Waals surface area contributed by atoms with Gasteiger partial charge in [-0.3, -0.25) is 0 Å². The van der Waals surface area contributed by atoms with Crippen molar-refractivity contribution in [2.75, 3.05) is 0 Å². The lowest BCUT2D eigenvalue weighted by atomic mass is 10.2. The topological polar surface area (TPSA) is 17.8 Å². The minimum atomic E-state index is 0.560. The number of hydrogen-bond acceptors (Lipinski definition) is 1. The molecule has 3 heteroatoms. The lowest BCUT2D eigenvalue weighted by molar-refractivity contribution is 0.794. The zero-order valence-electron chi connectivity index (χ0n) is 7.71. The first kappa shape index (κ1) is 8.57. The predicted octanol–water partition coefficient (Wildman–Crippen LogP) is 3.02. The lowest BCUT2D eigenvalue weighted by Gasteiger charge is -1.98. The summed E-state index contributed by atoms with van der Waals surface area (Å²) in [5.41, 5.74) is 2.41. The van der Waals surface area contributed by atoms with Crippen LogP contribution in [0.4, 0.5) is 0 Å². The third-order valence-electron chi connectivity index (χ3n) is 2.27.